The lowest BCUT2D eigenvalue weighted by Crippen LogP contribution is -2.61. The van der Waals surface area contributed by atoms with E-state index in [1.165, 1.54) is 29.1 Å². The van der Waals surface area contributed by atoms with Gasteiger partial charge in [0, 0.05) is 56.0 Å². The summed E-state index contributed by atoms with van der Waals surface area (Å²) in [6.45, 7) is -0.225. The molecule has 0 saturated heterocycles. The van der Waals surface area contributed by atoms with Gasteiger partial charge in [0.25, 0.3) is 6.71 Å². The lowest BCUT2D eigenvalue weighted by molar-refractivity contribution is -0.137. The predicted octanol–water partition coefficient (Wildman–Crippen LogP) is 19.6. The highest BCUT2D eigenvalue weighted by Gasteiger charge is 2.44. The van der Waals surface area contributed by atoms with E-state index in [1.807, 2.05) is 41.0 Å². The van der Waals surface area contributed by atoms with E-state index < -0.39 is 11.7 Å². The quantitative estimate of drug-likeness (QED) is 0.135. The molecule has 14 aromatic rings. The average molecular weight is 1160 g/mol. The first-order valence-corrected chi connectivity index (χ1v) is 29.9. The monoisotopic (exact) mass is 1160 g/mol. The molecule has 1 aromatic heterocycles. The molecule has 0 bridgehead atoms. The summed E-state index contributed by atoms with van der Waals surface area (Å²) >= 11 is 0. The first-order chi connectivity index (χ1) is 44.2. The van der Waals surface area contributed by atoms with Gasteiger partial charge in [-0.05, 0) is 169 Å². The Kier molecular flexibility index (Phi) is 12.8. The van der Waals surface area contributed by atoms with Gasteiger partial charge in [-0.15, -0.1) is 0 Å². The number of fused-ring (bicyclic) bond motifs is 7. The Morgan fingerprint density at radius 1 is 0.322 bits per heavy atom. The molecule has 13 aromatic carbocycles. The van der Waals surface area contributed by atoms with E-state index in [1.54, 1.807) is 6.07 Å². The average Bonchev–Trinajstić information content (AvgIpc) is 0.758. The maximum absolute atomic E-state index is 14.7. The highest BCUT2D eigenvalue weighted by Crippen LogP contribution is 2.49. The van der Waals surface area contributed by atoms with Gasteiger partial charge in [0.2, 0.25) is 0 Å². The molecule has 5 nitrogen and oxygen atoms in total. The number of aromatic nitrogens is 1. The summed E-state index contributed by atoms with van der Waals surface area (Å²) in [7, 11) is 0. The van der Waals surface area contributed by atoms with Gasteiger partial charge in [0.05, 0.1) is 45.5 Å². The summed E-state index contributed by atoms with van der Waals surface area (Å²) in [5, 5.41) is 22.0. The molecule has 0 radical (unpaired) electrons. The van der Waals surface area contributed by atoms with Gasteiger partial charge >= 0.3 is 6.18 Å². The standard InChI is InChI=1S/C81H49BF3N5/c83-81(84,85)64-33-42-75(70(49-64)67-38-25-52(50-86)43-63(67)51-87)90-73-24-14-13-23-68(73)69-44-59(30-39-74(69)90)62-47-78-80-79(48-62)89(66-36-28-58(29-37-66)54-17-7-2-8-18-54)77-41-32-61(56-21-11-4-12-22-56)46-72(77)82(80)71-45-60(55-19-9-3-10-20-55)31-40-76(71)88(78)65-34-26-57(27-35-65)53-15-5-1-6-16-53/h1-49H. The van der Waals surface area contributed by atoms with Crippen LogP contribution in [0.3, 0.4) is 0 Å². The van der Waals surface area contributed by atoms with E-state index >= 15 is 0 Å². The fraction of sp³-hybridized carbons (Fsp3) is 0.0123. The summed E-state index contributed by atoms with van der Waals surface area (Å²) in [5.74, 6) is 0. The Hall–Kier alpha value is -11.9. The van der Waals surface area contributed by atoms with Crippen LogP contribution in [0.25, 0.3) is 94.3 Å². The van der Waals surface area contributed by atoms with Crippen LogP contribution in [0.1, 0.15) is 16.7 Å². The molecule has 16 rings (SSSR count). The minimum absolute atomic E-state index is 0.0946. The maximum atomic E-state index is 14.7. The number of nitriles is 2. The molecule has 0 fully saturated rings. The Bertz CT molecular complexity index is 5050. The van der Waals surface area contributed by atoms with Crippen molar-refractivity contribution in [2.45, 2.75) is 6.18 Å². The number of nitrogens with zero attached hydrogens (tertiary/aromatic N) is 5. The predicted molar refractivity (Wildman–Crippen MR) is 362 cm³/mol. The zero-order valence-electron chi connectivity index (χ0n) is 48.2. The summed E-state index contributed by atoms with van der Waals surface area (Å²) < 4.78 is 46.2. The molecule has 422 valence electrons. The molecule has 0 amide bonds. The lowest BCUT2D eigenvalue weighted by Gasteiger charge is -2.44. The molecule has 3 heterocycles. The van der Waals surface area contributed by atoms with Crippen molar-refractivity contribution in [3.63, 3.8) is 0 Å². The highest BCUT2D eigenvalue weighted by molar-refractivity contribution is 7.00. The topological polar surface area (TPSA) is 59.0 Å². The van der Waals surface area contributed by atoms with E-state index in [9.17, 15) is 23.7 Å². The van der Waals surface area contributed by atoms with E-state index in [2.05, 4.69) is 246 Å². The van der Waals surface area contributed by atoms with Crippen molar-refractivity contribution in [3.05, 3.63) is 314 Å². The summed E-state index contributed by atoms with van der Waals surface area (Å²) in [6.07, 6.45) is -4.67. The van der Waals surface area contributed by atoms with Crippen LogP contribution in [0.15, 0.2) is 297 Å². The summed E-state index contributed by atoms with van der Waals surface area (Å²) in [4.78, 5) is 4.88. The third-order valence-corrected chi connectivity index (χ3v) is 17.9. The number of benzene rings is 13. The van der Waals surface area contributed by atoms with Gasteiger partial charge in [0.15, 0.2) is 0 Å². The SMILES string of the molecule is N#Cc1ccc(-c2cc(C(F)(F)F)ccc2-n2c3ccccc3c3cc(-c4cc5c6c(c4)N(c4ccc(-c7ccccc7)cc4)c4ccc(-c7ccccc7)cc4B6c4cc(-c6ccccc6)ccc4N5c4ccc(-c5ccccc5)cc4)ccc32)c(C#N)c1. The van der Waals surface area contributed by atoms with Gasteiger partial charge < -0.3 is 14.4 Å². The van der Waals surface area contributed by atoms with Crippen LogP contribution >= 0.6 is 0 Å². The Morgan fingerprint density at radius 3 is 1.28 bits per heavy atom. The van der Waals surface area contributed by atoms with Crippen LogP contribution in [-0.2, 0) is 6.18 Å². The van der Waals surface area contributed by atoms with Crippen LogP contribution in [0, 0.1) is 22.7 Å². The largest absolute Gasteiger partial charge is 0.416 e. The van der Waals surface area contributed by atoms with Gasteiger partial charge in [-0.1, -0.05) is 200 Å². The highest BCUT2D eigenvalue weighted by atomic mass is 19.4. The summed E-state index contributed by atoms with van der Waals surface area (Å²) in [5.41, 5.74) is 22.5. The molecular weight excluding hydrogens is 1110 g/mol. The second-order valence-corrected chi connectivity index (χ2v) is 22.9. The first-order valence-electron chi connectivity index (χ1n) is 29.9. The molecule has 0 aliphatic carbocycles. The van der Waals surface area contributed by atoms with Crippen LogP contribution < -0.4 is 26.2 Å². The fourth-order valence-corrected chi connectivity index (χ4v) is 13.7. The molecule has 0 saturated carbocycles. The summed E-state index contributed by atoms with van der Waals surface area (Å²) in [6, 6.07) is 105. The van der Waals surface area contributed by atoms with Crippen molar-refractivity contribution in [2.24, 2.45) is 0 Å². The smallest absolute Gasteiger partial charge is 0.311 e. The second-order valence-electron chi connectivity index (χ2n) is 22.9. The van der Waals surface area contributed by atoms with Crippen LogP contribution in [-0.4, -0.2) is 11.3 Å². The van der Waals surface area contributed by atoms with Gasteiger partial charge in [-0.3, -0.25) is 0 Å². The van der Waals surface area contributed by atoms with Crippen molar-refractivity contribution < 1.29 is 13.2 Å². The Balaban J connectivity index is 0.965. The van der Waals surface area contributed by atoms with E-state index in [0.717, 1.165) is 129 Å². The molecule has 0 N–H and O–H groups in total. The van der Waals surface area contributed by atoms with Crippen molar-refractivity contribution >= 4 is 79.0 Å². The number of rotatable bonds is 9. The third-order valence-electron chi connectivity index (χ3n) is 17.9. The number of hydrogen-bond donors (Lipinski definition) is 0. The lowest BCUT2D eigenvalue weighted by atomic mass is 9.33. The van der Waals surface area contributed by atoms with Crippen molar-refractivity contribution in [1.82, 2.24) is 4.57 Å². The molecule has 2 aliphatic heterocycles. The zero-order chi connectivity index (χ0) is 60.6. The molecule has 0 atom stereocenters. The normalized spacial score (nSPS) is 12.3. The number of hydrogen-bond acceptors (Lipinski definition) is 4. The molecule has 90 heavy (non-hydrogen) atoms. The van der Waals surface area contributed by atoms with Gasteiger partial charge in [-0.25, -0.2) is 0 Å². The van der Waals surface area contributed by atoms with Crippen molar-refractivity contribution in [2.75, 3.05) is 9.80 Å². The number of alkyl halides is 3. The van der Waals surface area contributed by atoms with Crippen LogP contribution in [0.5, 0.6) is 0 Å². The number of para-hydroxylation sites is 1. The molecule has 2 aliphatic rings. The minimum Gasteiger partial charge on any atom is -0.311 e. The van der Waals surface area contributed by atoms with Crippen molar-refractivity contribution in [3.8, 4) is 84.6 Å². The van der Waals surface area contributed by atoms with Crippen LogP contribution in [0.2, 0.25) is 0 Å². The maximum Gasteiger partial charge on any atom is 0.416 e. The Morgan fingerprint density at radius 2 is 0.767 bits per heavy atom. The molecule has 0 spiro atoms. The van der Waals surface area contributed by atoms with Gasteiger partial charge in [-0.2, -0.15) is 23.7 Å². The Labute approximate surface area is 519 Å². The minimum atomic E-state index is -4.67. The second kappa shape index (κ2) is 21.5. The van der Waals surface area contributed by atoms with Crippen LogP contribution in [0.4, 0.5) is 47.3 Å². The number of halogens is 3. The fourth-order valence-electron chi connectivity index (χ4n) is 13.7. The van der Waals surface area contributed by atoms with E-state index in [4.69, 9.17) is 0 Å². The zero-order valence-corrected chi connectivity index (χ0v) is 48.2. The van der Waals surface area contributed by atoms with E-state index in [0.29, 0.717) is 5.69 Å². The van der Waals surface area contributed by atoms with Gasteiger partial charge in [0.1, 0.15) is 0 Å². The molecular formula is C81H49BF3N5. The number of anilines is 6. The molecule has 9 heteroatoms. The van der Waals surface area contributed by atoms with Crippen molar-refractivity contribution in [1.29, 1.82) is 10.5 Å². The first kappa shape index (κ1) is 53.6. The molecule has 0 unspecified atom stereocenters. The third kappa shape index (κ3) is 9.02. The van der Waals surface area contributed by atoms with E-state index in [-0.39, 0.29) is 29.0 Å².